The summed E-state index contributed by atoms with van der Waals surface area (Å²) in [5.41, 5.74) is 3.55. The number of halogens is 2. The van der Waals surface area contributed by atoms with Gasteiger partial charge in [-0.3, -0.25) is 0 Å². The zero-order valence-electron chi connectivity index (χ0n) is 6.31. The third kappa shape index (κ3) is 1.27. The molecule has 0 aliphatic rings. The maximum atomic E-state index is 13.0. The molecule has 1 aromatic carbocycles. The van der Waals surface area contributed by atoms with Crippen LogP contribution in [0.15, 0.2) is 6.07 Å². The fourth-order valence-corrected chi connectivity index (χ4v) is 0.854. The molecule has 0 amide bonds. The zero-order chi connectivity index (χ0) is 10.0. The molecule has 64 valence electrons. The summed E-state index contributed by atoms with van der Waals surface area (Å²) in [4.78, 5) is 0. The molecular formula is C8H3F2N3. The predicted molar refractivity (Wildman–Crippen MR) is 40.2 cm³/mol. The second kappa shape index (κ2) is 3.08. The molecule has 0 fully saturated rings. The Labute approximate surface area is 72.6 Å². The van der Waals surface area contributed by atoms with E-state index in [1.807, 2.05) is 0 Å². The highest BCUT2D eigenvalue weighted by Gasteiger charge is 2.16. The van der Waals surface area contributed by atoms with E-state index >= 15 is 0 Å². The minimum atomic E-state index is -1.21. The van der Waals surface area contributed by atoms with Crippen LogP contribution in [0.4, 0.5) is 14.5 Å². The molecule has 0 atom stereocenters. The Balaban J connectivity index is 3.63. The van der Waals surface area contributed by atoms with Crippen molar-refractivity contribution in [3.63, 3.8) is 0 Å². The summed E-state index contributed by atoms with van der Waals surface area (Å²) in [6.07, 6.45) is 0. The van der Waals surface area contributed by atoms with E-state index in [9.17, 15) is 8.78 Å². The summed E-state index contributed by atoms with van der Waals surface area (Å²) < 4.78 is 25.8. The first-order valence-corrected chi connectivity index (χ1v) is 3.19. The first kappa shape index (κ1) is 8.95. The van der Waals surface area contributed by atoms with E-state index in [2.05, 4.69) is 0 Å². The third-order valence-electron chi connectivity index (χ3n) is 1.47. The average molecular weight is 179 g/mol. The molecule has 0 bridgehead atoms. The lowest BCUT2D eigenvalue weighted by Crippen LogP contribution is -2.00. The van der Waals surface area contributed by atoms with Gasteiger partial charge in [0.25, 0.3) is 0 Å². The number of benzene rings is 1. The molecule has 0 spiro atoms. The van der Waals surface area contributed by atoms with Crippen molar-refractivity contribution in [3.05, 3.63) is 28.8 Å². The number of nitrogens with two attached hydrogens (primary N) is 1. The van der Waals surface area contributed by atoms with E-state index < -0.39 is 22.8 Å². The van der Waals surface area contributed by atoms with Gasteiger partial charge in [0.05, 0.1) is 5.69 Å². The molecule has 13 heavy (non-hydrogen) atoms. The number of nitrogen functional groups attached to an aromatic ring is 1. The van der Waals surface area contributed by atoms with Gasteiger partial charge in [-0.1, -0.05) is 0 Å². The number of hydrogen-bond acceptors (Lipinski definition) is 3. The van der Waals surface area contributed by atoms with Crippen LogP contribution in [-0.2, 0) is 0 Å². The van der Waals surface area contributed by atoms with Crippen LogP contribution < -0.4 is 5.73 Å². The van der Waals surface area contributed by atoms with Crippen molar-refractivity contribution in [1.82, 2.24) is 0 Å². The van der Waals surface area contributed by atoms with Gasteiger partial charge >= 0.3 is 0 Å². The molecule has 0 aliphatic heterocycles. The lowest BCUT2D eigenvalue weighted by molar-refractivity contribution is 0.575. The minimum absolute atomic E-state index is 0.309. The van der Waals surface area contributed by atoms with Gasteiger partial charge < -0.3 is 5.73 Å². The van der Waals surface area contributed by atoms with Crippen LogP contribution >= 0.6 is 0 Å². The number of anilines is 1. The maximum absolute atomic E-state index is 13.0. The Hall–Kier alpha value is -2.14. The Morgan fingerprint density at radius 3 is 2.15 bits per heavy atom. The summed E-state index contributed by atoms with van der Waals surface area (Å²) >= 11 is 0. The van der Waals surface area contributed by atoms with E-state index in [1.54, 1.807) is 0 Å². The fourth-order valence-electron chi connectivity index (χ4n) is 0.854. The zero-order valence-corrected chi connectivity index (χ0v) is 6.31. The van der Waals surface area contributed by atoms with Gasteiger partial charge in [-0.25, -0.2) is 8.78 Å². The van der Waals surface area contributed by atoms with Crippen LogP contribution in [0.25, 0.3) is 0 Å². The van der Waals surface area contributed by atoms with Crippen molar-refractivity contribution in [2.45, 2.75) is 0 Å². The predicted octanol–water partition coefficient (Wildman–Crippen LogP) is 1.29. The molecule has 0 unspecified atom stereocenters. The molecule has 0 heterocycles. The quantitative estimate of drug-likeness (QED) is 0.610. The van der Waals surface area contributed by atoms with E-state index in [-0.39, 0.29) is 5.69 Å². The average Bonchev–Trinajstić information content (AvgIpc) is 2.04. The lowest BCUT2D eigenvalue weighted by Gasteiger charge is -2.01. The summed E-state index contributed by atoms with van der Waals surface area (Å²) in [6, 6.07) is 3.51. The summed E-state index contributed by atoms with van der Waals surface area (Å²) in [5, 5.41) is 16.7. The largest absolute Gasteiger partial charge is 0.397 e. The standard InChI is InChI=1S/C8H3F2N3/c9-6-1-7(13)5(3-12)8(10)4(6)2-11/h1H,13H2. The molecule has 0 aliphatic carbocycles. The van der Waals surface area contributed by atoms with Crippen molar-refractivity contribution in [1.29, 1.82) is 10.5 Å². The van der Waals surface area contributed by atoms with Crippen molar-refractivity contribution < 1.29 is 8.78 Å². The van der Waals surface area contributed by atoms with Crippen LogP contribution in [0, 0.1) is 34.3 Å². The summed E-state index contributed by atoms with van der Waals surface area (Å²) in [7, 11) is 0. The lowest BCUT2D eigenvalue weighted by atomic mass is 10.1. The SMILES string of the molecule is N#Cc1c(N)cc(F)c(C#N)c1F. The number of hydrogen-bond donors (Lipinski definition) is 1. The van der Waals surface area contributed by atoms with Gasteiger partial charge in [-0.2, -0.15) is 10.5 Å². The van der Waals surface area contributed by atoms with Crippen LogP contribution in [0.2, 0.25) is 0 Å². The molecule has 1 rings (SSSR count). The van der Waals surface area contributed by atoms with E-state index in [0.29, 0.717) is 0 Å². The highest BCUT2D eigenvalue weighted by atomic mass is 19.1. The van der Waals surface area contributed by atoms with E-state index in [4.69, 9.17) is 16.3 Å². The first-order valence-electron chi connectivity index (χ1n) is 3.19. The number of nitrogens with zero attached hydrogens (tertiary/aromatic N) is 2. The van der Waals surface area contributed by atoms with Gasteiger partial charge in [0.1, 0.15) is 29.1 Å². The molecular weight excluding hydrogens is 176 g/mol. The monoisotopic (exact) mass is 179 g/mol. The van der Waals surface area contributed by atoms with Gasteiger partial charge in [-0.15, -0.1) is 0 Å². The maximum Gasteiger partial charge on any atom is 0.163 e. The topological polar surface area (TPSA) is 73.6 Å². The van der Waals surface area contributed by atoms with Gasteiger partial charge in [0.15, 0.2) is 5.82 Å². The van der Waals surface area contributed by atoms with Crippen molar-refractivity contribution in [2.75, 3.05) is 5.73 Å². The molecule has 2 N–H and O–H groups in total. The number of nitriles is 2. The Morgan fingerprint density at radius 1 is 1.15 bits per heavy atom. The van der Waals surface area contributed by atoms with Crippen molar-refractivity contribution in [3.8, 4) is 12.1 Å². The second-order valence-corrected chi connectivity index (χ2v) is 2.24. The first-order chi connectivity index (χ1) is 6.11. The van der Waals surface area contributed by atoms with Gasteiger partial charge in [0.2, 0.25) is 0 Å². The molecule has 5 heteroatoms. The Bertz CT molecular complexity index is 402. The normalized spacial score (nSPS) is 8.92. The second-order valence-electron chi connectivity index (χ2n) is 2.24. The molecule has 0 aromatic heterocycles. The van der Waals surface area contributed by atoms with E-state index in [0.717, 1.165) is 6.07 Å². The summed E-state index contributed by atoms with van der Waals surface area (Å²) in [5.74, 6) is -2.26. The molecule has 0 radical (unpaired) electrons. The third-order valence-corrected chi connectivity index (χ3v) is 1.47. The van der Waals surface area contributed by atoms with E-state index in [1.165, 1.54) is 12.1 Å². The summed E-state index contributed by atoms with van der Waals surface area (Å²) in [6.45, 7) is 0. The fraction of sp³-hybridized carbons (Fsp3) is 0. The van der Waals surface area contributed by atoms with Crippen molar-refractivity contribution >= 4 is 5.69 Å². The molecule has 3 nitrogen and oxygen atoms in total. The minimum Gasteiger partial charge on any atom is -0.397 e. The highest BCUT2D eigenvalue weighted by molar-refractivity contribution is 5.58. The number of rotatable bonds is 0. The van der Waals surface area contributed by atoms with Gasteiger partial charge in [0, 0.05) is 0 Å². The highest BCUT2D eigenvalue weighted by Crippen LogP contribution is 2.21. The van der Waals surface area contributed by atoms with Crippen molar-refractivity contribution in [2.24, 2.45) is 0 Å². The van der Waals surface area contributed by atoms with Crippen LogP contribution in [0.1, 0.15) is 11.1 Å². The molecule has 0 saturated heterocycles. The van der Waals surface area contributed by atoms with Crippen LogP contribution in [0.3, 0.4) is 0 Å². The Kier molecular flexibility index (Phi) is 2.12. The van der Waals surface area contributed by atoms with Crippen LogP contribution in [-0.4, -0.2) is 0 Å². The smallest absolute Gasteiger partial charge is 0.163 e. The molecule has 1 aromatic rings. The Morgan fingerprint density at radius 2 is 1.69 bits per heavy atom. The van der Waals surface area contributed by atoms with Crippen LogP contribution in [0.5, 0.6) is 0 Å². The van der Waals surface area contributed by atoms with Gasteiger partial charge in [-0.05, 0) is 6.07 Å². The molecule has 0 saturated carbocycles.